The largest absolute Gasteiger partial charge is 0.490 e. The number of halogens is 2. The van der Waals surface area contributed by atoms with Gasteiger partial charge in [0.2, 0.25) is 0 Å². The summed E-state index contributed by atoms with van der Waals surface area (Å²) < 4.78 is 26.7. The van der Waals surface area contributed by atoms with Crippen LogP contribution in [0.3, 0.4) is 0 Å². The number of Topliss-reactive ketones (excluding diaryl/α,β-unsaturated/α-hetero) is 2. The minimum Gasteiger partial charge on any atom is -0.490 e. The van der Waals surface area contributed by atoms with E-state index in [1.165, 1.54) is 12.1 Å². The van der Waals surface area contributed by atoms with Crippen molar-refractivity contribution in [3.05, 3.63) is 115 Å². The van der Waals surface area contributed by atoms with Crippen LogP contribution in [0.4, 0.5) is 4.39 Å². The molecule has 46 heavy (non-hydrogen) atoms. The van der Waals surface area contributed by atoms with Crippen molar-refractivity contribution in [3.63, 3.8) is 0 Å². The van der Waals surface area contributed by atoms with Gasteiger partial charge in [-0.3, -0.25) is 9.59 Å². The van der Waals surface area contributed by atoms with Gasteiger partial charge in [-0.1, -0.05) is 70.2 Å². The molecule has 0 unspecified atom stereocenters. The Morgan fingerprint density at radius 1 is 0.804 bits per heavy atom. The molecule has 0 aromatic heterocycles. The van der Waals surface area contributed by atoms with Gasteiger partial charge >= 0.3 is 0 Å². The zero-order valence-electron chi connectivity index (χ0n) is 27.2. The summed E-state index contributed by atoms with van der Waals surface area (Å²) >= 11 is 2.25. The summed E-state index contributed by atoms with van der Waals surface area (Å²) in [5.41, 5.74) is 5.97. The van der Waals surface area contributed by atoms with Crippen LogP contribution in [0.5, 0.6) is 11.5 Å². The lowest BCUT2D eigenvalue weighted by molar-refractivity contribution is -0.119. The molecule has 0 N–H and O–H groups in total. The molecule has 3 aromatic carbocycles. The van der Waals surface area contributed by atoms with E-state index >= 15 is 0 Å². The SMILES string of the molecule is CCOc1cc(C2C3=C(CC(C)(C)CC3=O)N(Cc3ccccc3)C3=C2C(=O)CC(C)(C)C3)cc(I)c1OCc1ccc(F)cc1. The number of hydrogen-bond acceptors (Lipinski definition) is 5. The molecule has 0 saturated heterocycles. The minimum absolute atomic E-state index is 0.100. The molecule has 1 heterocycles. The van der Waals surface area contributed by atoms with Crippen LogP contribution in [0.2, 0.25) is 0 Å². The van der Waals surface area contributed by atoms with Gasteiger partial charge in [-0.2, -0.15) is 0 Å². The second-order valence-electron chi connectivity index (χ2n) is 14.3. The lowest BCUT2D eigenvalue weighted by atomic mass is 9.63. The third-order valence-corrected chi connectivity index (χ3v) is 9.97. The van der Waals surface area contributed by atoms with Gasteiger partial charge < -0.3 is 14.4 Å². The van der Waals surface area contributed by atoms with E-state index in [-0.39, 0.29) is 34.8 Å². The lowest BCUT2D eigenvalue weighted by Crippen LogP contribution is -2.44. The van der Waals surface area contributed by atoms with Crippen molar-refractivity contribution in [3.8, 4) is 11.5 Å². The van der Waals surface area contributed by atoms with E-state index in [0.29, 0.717) is 37.5 Å². The van der Waals surface area contributed by atoms with Gasteiger partial charge in [0, 0.05) is 47.8 Å². The van der Waals surface area contributed by atoms with Crippen molar-refractivity contribution in [2.24, 2.45) is 10.8 Å². The first-order valence-electron chi connectivity index (χ1n) is 16.0. The molecule has 0 amide bonds. The van der Waals surface area contributed by atoms with Gasteiger partial charge in [-0.15, -0.1) is 0 Å². The summed E-state index contributed by atoms with van der Waals surface area (Å²) in [5, 5.41) is 0. The standard InChI is InChI=1S/C39H41FINO4/c1-6-45-33-17-26(16-28(41)37(33)46-23-25-12-14-27(40)15-13-25)34-35-29(18-38(2,3)20-31(35)43)42(22-24-10-8-7-9-11-24)30-19-39(4,5)21-32(44)36(30)34/h7-17,34H,6,18-23H2,1-5H3. The van der Waals surface area contributed by atoms with Crippen molar-refractivity contribution in [2.75, 3.05) is 6.61 Å². The molecule has 0 bridgehead atoms. The number of ether oxygens (including phenoxy) is 2. The topological polar surface area (TPSA) is 55.8 Å². The second-order valence-corrected chi connectivity index (χ2v) is 15.4. The summed E-state index contributed by atoms with van der Waals surface area (Å²) in [6.07, 6.45) is 2.35. The molecule has 0 spiro atoms. The van der Waals surface area contributed by atoms with Gasteiger partial charge in [0.15, 0.2) is 23.1 Å². The monoisotopic (exact) mass is 733 g/mol. The van der Waals surface area contributed by atoms with Gasteiger partial charge in [-0.05, 0) is 94.1 Å². The van der Waals surface area contributed by atoms with Gasteiger partial charge in [0.25, 0.3) is 0 Å². The molecule has 3 aliphatic rings. The Morgan fingerprint density at radius 2 is 1.39 bits per heavy atom. The van der Waals surface area contributed by atoms with Crippen LogP contribution in [0.15, 0.2) is 89.3 Å². The van der Waals surface area contributed by atoms with Crippen LogP contribution >= 0.6 is 22.6 Å². The molecule has 0 atom stereocenters. The van der Waals surface area contributed by atoms with Crippen molar-refractivity contribution < 1.29 is 23.5 Å². The molecule has 2 aliphatic carbocycles. The normalized spacial score (nSPS) is 19.2. The van der Waals surface area contributed by atoms with Crippen LogP contribution in [0, 0.1) is 20.2 Å². The molecule has 6 rings (SSSR count). The fourth-order valence-corrected chi connectivity index (χ4v) is 8.01. The highest BCUT2D eigenvalue weighted by atomic mass is 127. The Morgan fingerprint density at radius 3 is 1.96 bits per heavy atom. The number of carbonyl (C=O) groups excluding carboxylic acids is 2. The molecule has 5 nitrogen and oxygen atoms in total. The van der Waals surface area contributed by atoms with Crippen LogP contribution in [0.1, 0.15) is 82.9 Å². The number of allylic oxidation sites excluding steroid dienone is 4. The lowest BCUT2D eigenvalue weighted by Gasteiger charge is -2.49. The Labute approximate surface area is 285 Å². The highest BCUT2D eigenvalue weighted by molar-refractivity contribution is 14.1. The number of hydrogen-bond donors (Lipinski definition) is 0. The average Bonchev–Trinajstić information content (AvgIpc) is 2.97. The molecular weight excluding hydrogens is 692 g/mol. The van der Waals surface area contributed by atoms with Gasteiger partial charge in [-0.25, -0.2) is 4.39 Å². The van der Waals surface area contributed by atoms with E-state index in [1.807, 2.05) is 37.3 Å². The predicted octanol–water partition coefficient (Wildman–Crippen LogP) is 9.29. The maximum atomic E-state index is 14.3. The summed E-state index contributed by atoms with van der Waals surface area (Å²) in [4.78, 5) is 30.9. The van der Waals surface area contributed by atoms with Crippen molar-refractivity contribution in [2.45, 2.75) is 79.4 Å². The van der Waals surface area contributed by atoms with E-state index in [9.17, 15) is 14.0 Å². The number of nitrogens with zero attached hydrogens (tertiary/aromatic N) is 1. The first-order valence-corrected chi connectivity index (χ1v) is 17.1. The first kappa shape index (κ1) is 32.5. The van der Waals surface area contributed by atoms with Gasteiger partial charge in [0.05, 0.1) is 10.2 Å². The molecule has 3 aromatic rings. The molecule has 0 saturated carbocycles. The van der Waals surface area contributed by atoms with Crippen LogP contribution in [-0.2, 0) is 22.7 Å². The van der Waals surface area contributed by atoms with Crippen LogP contribution < -0.4 is 9.47 Å². The molecule has 240 valence electrons. The highest BCUT2D eigenvalue weighted by Crippen LogP contribution is 2.55. The number of carbonyl (C=O) groups is 2. The number of ketones is 2. The van der Waals surface area contributed by atoms with Crippen molar-refractivity contribution in [1.82, 2.24) is 4.90 Å². The van der Waals surface area contributed by atoms with E-state index in [4.69, 9.17) is 9.47 Å². The fourth-order valence-electron chi connectivity index (χ4n) is 7.23. The van der Waals surface area contributed by atoms with Crippen LogP contribution in [0.25, 0.3) is 0 Å². The molecule has 1 aliphatic heterocycles. The fraction of sp³-hybridized carbons (Fsp3) is 0.385. The summed E-state index contributed by atoms with van der Waals surface area (Å²) in [5.74, 6) is 0.577. The molecular formula is C39H41FINO4. The third kappa shape index (κ3) is 6.53. The molecule has 0 fully saturated rings. The maximum absolute atomic E-state index is 14.3. The quantitative estimate of drug-likeness (QED) is 0.216. The third-order valence-electron chi connectivity index (χ3n) is 9.17. The number of rotatable bonds is 8. The maximum Gasteiger partial charge on any atom is 0.174 e. The Hall–Kier alpha value is -3.46. The van der Waals surface area contributed by atoms with Crippen LogP contribution in [-0.4, -0.2) is 23.1 Å². The molecule has 7 heteroatoms. The Kier molecular flexibility index (Phi) is 8.91. The average molecular weight is 734 g/mol. The zero-order valence-corrected chi connectivity index (χ0v) is 29.4. The van der Waals surface area contributed by atoms with E-state index < -0.39 is 5.92 Å². The van der Waals surface area contributed by atoms with Crippen molar-refractivity contribution >= 4 is 34.2 Å². The predicted molar refractivity (Wildman–Crippen MR) is 186 cm³/mol. The minimum atomic E-state index is -0.483. The summed E-state index contributed by atoms with van der Waals surface area (Å²) in [6.45, 7) is 11.8. The van der Waals surface area contributed by atoms with E-state index in [0.717, 1.165) is 55.6 Å². The Bertz CT molecular complexity index is 1690. The molecule has 0 radical (unpaired) electrons. The van der Waals surface area contributed by atoms with E-state index in [1.54, 1.807) is 12.1 Å². The summed E-state index contributed by atoms with van der Waals surface area (Å²) in [6, 6.07) is 20.5. The van der Waals surface area contributed by atoms with Gasteiger partial charge in [0.1, 0.15) is 12.4 Å². The second kappa shape index (κ2) is 12.6. The smallest absolute Gasteiger partial charge is 0.174 e. The number of benzene rings is 3. The highest BCUT2D eigenvalue weighted by Gasteiger charge is 2.49. The van der Waals surface area contributed by atoms with Crippen molar-refractivity contribution in [1.29, 1.82) is 0 Å². The first-order chi connectivity index (χ1) is 21.9. The van der Waals surface area contributed by atoms with E-state index in [2.05, 4.69) is 67.3 Å². The zero-order chi connectivity index (χ0) is 32.8. The summed E-state index contributed by atoms with van der Waals surface area (Å²) in [7, 11) is 0. The Balaban J connectivity index is 1.51.